The van der Waals surface area contributed by atoms with E-state index in [1.165, 1.54) is 22.4 Å². The van der Waals surface area contributed by atoms with Crippen LogP contribution in [0.3, 0.4) is 0 Å². The molecular weight excluding hydrogens is 488 g/mol. The lowest BCUT2D eigenvalue weighted by molar-refractivity contribution is 0.398. The maximum Gasteiger partial charge on any atom is 0.346 e. The van der Waals surface area contributed by atoms with Crippen LogP contribution in [0.5, 0.6) is 0 Å². The number of hydrogen-bond donors (Lipinski definition) is 0. The molecule has 7 rings (SSSR count). The summed E-state index contributed by atoms with van der Waals surface area (Å²) in [4.78, 5) is 21.1. The minimum absolute atomic E-state index is 0.0641. The molecule has 4 nitrogen and oxygen atoms in total. The first-order valence-corrected chi connectivity index (χ1v) is 14.3. The summed E-state index contributed by atoms with van der Waals surface area (Å²) in [6.07, 6.45) is 2.17. The fourth-order valence-electron chi connectivity index (χ4n) is 6.46. The molecule has 38 heavy (non-hydrogen) atoms. The van der Waals surface area contributed by atoms with Crippen molar-refractivity contribution in [2.45, 2.75) is 58.3 Å². The van der Waals surface area contributed by atoms with Crippen molar-refractivity contribution in [2.75, 3.05) is 18.0 Å². The Hall–Kier alpha value is -3.44. The molecule has 0 unspecified atom stereocenters. The number of rotatable bonds is 2. The van der Waals surface area contributed by atoms with Gasteiger partial charge in [-0.3, -0.25) is 0 Å². The molecule has 0 saturated heterocycles. The van der Waals surface area contributed by atoms with E-state index < -0.39 is 0 Å². The van der Waals surface area contributed by atoms with Crippen molar-refractivity contribution in [3.05, 3.63) is 81.7 Å². The lowest BCUT2D eigenvalue weighted by Gasteiger charge is -2.48. The Bertz CT molecular complexity index is 1810. The molecule has 0 amide bonds. The Balaban J connectivity index is 1.47. The van der Waals surface area contributed by atoms with Crippen LogP contribution in [0.2, 0.25) is 0 Å². The fraction of sp³-hybridized carbons (Fsp3) is 0.333. The van der Waals surface area contributed by atoms with Crippen LogP contribution in [0.1, 0.15) is 57.2 Å². The number of aromatic nitrogens is 1. The quantitative estimate of drug-likeness (QED) is 0.220. The van der Waals surface area contributed by atoms with Gasteiger partial charge in [0, 0.05) is 29.7 Å². The molecule has 0 fully saturated rings. The van der Waals surface area contributed by atoms with E-state index in [0.29, 0.717) is 5.56 Å². The first-order valence-electron chi connectivity index (χ1n) is 13.5. The van der Waals surface area contributed by atoms with Crippen LogP contribution in [0.15, 0.2) is 63.8 Å². The van der Waals surface area contributed by atoms with Gasteiger partial charge in [0.15, 0.2) is 0 Å². The Morgan fingerprint density at radius 3 is 2.42 bits per heavy atom. The largest absolute Gasteiger partial charge is 0.422 e. The molecule has 0 aliphatic carbocycles. The van der Waals surface area contributed by atoms with Gasteiger partial charge in [-0.15, -0.1) is 11.3 Å². The first kappa shape index (κ1) is 23.7. The van der Waals surface area contributed by atoms with Gasteiger partial charge in [-0.1, -0.05) is 64.1 Å². The van der Waals surface area contributed by atoms with Crippen molar-refractivity contribution in [3.63, 3.8) is 0 Å². The van der Waals surface area contributed by atoms with Gasteiger partial charge in [-0.05, 0) is 71.0 Å². The summed E-state index contributed by atoms with van der Waals surface area (Å²) in [5.41, 5.74) is 9.11. The maximum absolute atomic E-state index is 13.7. The third-order valence-corrected chi connectivity index (χ3v) is 9.91. The minimum atomic E-state index is -0.295. The number of aryl methyl sites for hydroxylation is 1. The van der Waals surface area contributed by atoms with Crippen molar-refractivity contribution in [1.29, 1.82) is 0 Å². The Labute approximate surface area is 226 Å². The predicted octanol–water partition coefficient (Wildman–Crippen LogP) is 8.21. The highest BCUT2D eigenvalue weighted by Gasteiger charge is 2.42. The normalized spacial score (nSPS) is 17.7. The van der Waals surface area contributed by atoms with Crippen LogP contribution in [-0.4, -0.2) is 18.1 Å². The maximum atomic E-state index is 13.7. The third-order valence-electron chi connectivity index (χ3n) is 8.88. The smallest absolute Gasteiger partial charge is 0.346 e. The standard InChI is InChI=1S/C33H32N2O2S/c1-19-22-18-23-28-27(33(4,5)14-16-35(28)15-13-32(23,2)3)29(22)37-31(36)26(19)30-34-24-12-11-21(17-25(24)38-30)20-9-7-6-8-10-20/h6-12,17-18H,13-16H2,1-5H3. The number of anilines is 1. The zero-order chi connectivity index (χ0) is 26.4. The van der Waals surface area contributed by atoms with Crippen LogP contribution >= 0.6 is 11.3 Å². The fourth-order valence-corrected chi connectivity index (χ4v) is 7.55. The molecule has 2 aliphatic rings. The number of thiazole rings is 1. The van der Waals surface area contributed by atoms with Crippen molar-refractivity contribution in [1.82, 2.24) is 4.98 Å². The second-order valence-electron chi connectivity index (χ2n) is 12.2. The second-order valence-corrected chi connectivity index (χ2v) is 13.3. The van der Waals surface area contributed by atoms with Crippen molar-refractivity contribution < 1.29 is 4.42 Å². The monoisotopic (exact) mass is 520 g/mol. The molecule has 3 aromatic carbocycles. The topological polar surface area (TPSA) is 46.3 Å². The van der Waals surface area contributed by atoms with Crippen LogP contribution in [0.25, 0.3) is 42.9 Å². The summed E-state index contributed by atoms with van der Waals surface area (Å²) in [7, 11) is 0. The highest BCUT2D eigenvalue weighted by Crippen LogP contribution is 2.52. The van der Waals surface area contributed by atoms with E-state index in [9.17, 15) is 4.79 Å². The molecule has 192 valence electrons. The van der Waals surface area contributed by atoms with Crippen molar-refractivity contribution >= 4 is 38.2 Å². The summed E-state index contributed by atoms with van der Waals surface area (Å²) in [5, 5.41) is 1.77. The summed E-state index contributed by atoms with van der Waals surface area (Å²) in [5.74, 6) is 0. The van der Waals surface area contributed by atoms with Crippen LogP contribution in [-0.2, 0) is 10.8 Å². The number of benzene rings is 3. The molecule has 0 atom stereocenters. The second kappa shape index (κ2) is 8.03. The Kier molecular flexibility index (Phi) is 5.00. The van der Waals surface area contributed by atoms with E-state index in [-0.39, 0.29) is 16.5 Å². The molecule has 0 bridgehead atoms. The Morgan fingerprint density at radius 2 is 1.66 bits per heavy atom. The van der Waals surface area contributed by atoms with Gasteiger partial charge in [-0.25, -0.2) is 9.78 Å². The van der Waals surface area contributed by atoms with Gasteiger partial charge < -0.3 is 9.32 Å². The van der Waals surface area contributed by atoms with Crippen LogP contribution < -0.4 is 10.5 Å². The number of fused-ring (bicyclic) bond motifs is 3. The highest BCUT2D eigenvalue weighted by atomic mass is 32.1. The van der Waals surface area contributed by atoms with E-state index >= 15 is 0 Å². The van der Waals surface area contributed by atoms with E-state index in [1.807, 2.05) is 6.07 Å². The molecule has 2 aromatic heterocycles. The van der Waals surface area contributed by atoms with Crippen molar-refractivity contribution in [3.8, 4) is 21.7 Å². The van der Waals surface area contributed by atoms with E-state index in [0.717, 1.165) is 63.3 Å². The zero-order valence-corrected chi connectivity index (χ0v) is 23.5. The zero-order valence-electron chi connectivity index (χ0n) is 22.6. The van der Waals surface area contributed by atoms with E-state index in [2.05, 4.69) is 88.0 Å². The molecule has 0 N–H and O–H groups in total. The first-order chi connectivity index (χ1) is 18.1. The summed E-state index contributed by atoms with van der Waals surface area (Å²) < 4.78 is 7.34. The Morgan fingerprint density at radius 1 is 0.921 bits per heavy atom. The summed E-state index contributed by atoms with van der Waals surface area (Å²) >= 11 is 1.57. The predicted molar refractivity (Wildman–Crippen MR) is 159 cm³/mol. The van der Waals surface area contributed by atoms with Crippen molar-refractivity contribution in [2.24, 2.45) is 0 Å². The average Bonchev–Trinajstić information content (AvgIpc) is 3.30. The average molecular weight is 521 g/mol. The minimum Gasteiger partial charge on any atom is -0.422 e. The third kappa shape index (κ3) is 3.41. The molecular formula is C33H32N2O2S. The molecule has 5 heteroatoms. The van der Waals surface area contributed by atoms with Gasteiger partial charge in [0.2, 0.25) is 0 Å². The lowest BCUT2D eigenvalue weighted by atomic mass is 9.69. The molecule has 4 heterocycles. The van der Waals surface area contributed by atoms with Gasteiger partial charge in [0.25, 0.3) is 0 Å². The lowest BCUT2D eigenvalue weighted by Crippen LogP contribution is -2.44. The van der Waals surface area contributed by atoms with Gasteiger partial charge in [-0.2, -0.15) is 0 Å². The van der Waals surface area contributed by atoms with E-state index in [1.54, 1.807) is 11.3 Å². The van der Waals surface area contributed by atoms with Crippen LogP contribution in [0.4, 0.5) is 5.69 Å². The SMILES string of the molecule is Cc1c(-c2nc3ccc(-c4ccccc4)cc3s2)c(=O)oc2c3c4c(cc12)C(C)(C)CCN4CCC3(C)C. The van der Waals surface area contributed by atoms with Gasteiger partial charge in [0.05, 0.1) is 15.8 Å². The highest BCUT2D eigenvalue weighted by molar-refractivity contribution is 7.21. The van der Waals surface area contributed by atoms with Gasteiger partial charge >= 0.3 is 5.63 Å². The summed E-state index contributed by atoms with van der Waals surface area (Å²) in [6.45, 7) is 13.4. The molecule has 0 saturated carbocycles. The molecule has 2 aliphatic heterocycles. The number of hydrogen-bond acceptors (Lipinski definition) is 5. The summed E-state index contributed by atoms with van der Waals surface area (Å²) in [6, 6.07) is 19.0. The van der Waals surface area contributed by atoms with Gasteiger partial charge in [0.1, 0.15) is 10.6 Å². The number of nitrogens with zero attached hydrogens (tertiary/aromatic N) is 2. The van der Waals surface area contributed by atoms with E-state index in [4.69, 9.17) is 9.40 Å². The molecule has 5 aromatic rings. The molecule has 0 spiro atoms. The van der Waals surface area contributed by atoms with Crippen LogP contribution in [0, 0.1) is 6.92 Å². The molecule has 0 radical (unpaired) electrons.